The Kier molecular flexibility index (Phi) is 5.04. The van der Waals surface area contributed by atoms with Gasteiger partial charge in [0, 0.05) is 6.20 Å². The standard InChI is InChI=1S/C21H18N2O3/c1-3-26-21(24)16(14-22)13-18-20(25-2)19(15-9-5-4-6-10-15)17-11-7-8-12-23(17)18/h4-13H,3H2,1-2H3/b16-13+. The summed E-state index contributed by atoms with van der Waals surface area (Å²) in [5.41, 5.74) is 3.35. The molecule has 0 unspecified atom stereocenters. The molecule has 0 aliphatic heterocycles. The van der Waals surface area contributed by atoms with Gasteiger partial charge in [-0.3, -0.25) is 0 Å². The number of methoxy groups -OCH3 is 1. The first-order valence-electron chi connectivity index (χ1n) is 8.22. The number of esters is 1. The van der Waals surface area contributed by atoms with Crippen LogP contribution < -0.4 is 4.74 Å². The summed E-state index contributed by atoms with van der Waals surface area (Å²) in [4.78, 5) is 12.0. The maximum atomic E-state index is 12.0. The molecule has 0 saturated heterocycles. The molecule has 3 aromatic rings. The zero-order valence-corrected chi connectivity index (χ0v) is 14.6. The molecule has 0 N–H and O–H groups in total. The molecule has 0 saturated carbocycles. The van der Waals surface area contributed by atoms with Crippen LogP contribution in [0.1, 0.15) is 12.6 Å². The number of rotatable bonds is 5. The van der Waals surface area contributed by atoms with Gasteiger partial charge < -0.3 is 13.9 Å². The average molecular weight is 346 g/mol. The summed E-state index contributed by atoms with van der Waals surface area (Å²) in [6.07, 6.45) is 3.38. The lowest BCUT2D eigenvalue weighted by Crippen LogP contribution is -2.06. The monoisotopic (exact) mass is 346 g/mol. The van der Waals surface area contributed by atoms with E-state index < -0.39 is 5.97 Å². The van der Waals surface area contributed by atoms with Crippen molar-refractivity contribution in [3.05, 3.63) is 66.0 Å². The third kappa shape index (κ3) is 3.05. The second-order valence-electron chi connectivity index (χ2n) is 5.51. The molecule has 0 spiro atoms. The van der Waals surface area contributed by atoms with Gasteiger partial charge in [0.05, 0.1) is 30.5 Å². The van der Waals surface area contributed by atoms with Gasteiger partial charge in [-0.1, -0.05) is 36.4 Å². The molecule has 0 bridgehead atoms. The molecule has 0 amide bonds. The van der Waals surface area contributed by atoms with Crippen LogP contribution in [0.5, 0.6) is 5.75 Å². The van der Waals surface area contributed by atoms with Crippen molar-refractivity contribution in [1.29, 1.82) is 5.26 Å². The first-order chi connectivity index (χ1) is 12.7. The Morgan fingerprint density at radius 2 is 1.92 bits per heavy atom. The van der Waals surface area contributed by atoms with Crippen LogP contribution in [-0.2, 0) is 9.53 Å². The fourth-order valence-corrected chi connectivity index (χ4v) is 2.92. The van der Waals surface area contributed by atoms with E-state index in [0.29, 0.717) is 11.4 Å². The SMILES string of the molecule is CCOC(=O)/C(C#N)=C/c1c(OC)c(-c2ccccc2)c2ccccn12. The van der Waals surface area contributed by atoms with Crippen LogP contribution in [0.15, 0.2) is 60.3 Å². The minimum Gasteiger partial charge on any atom is -0.494 e. The van der Waals surface area contributed by atoms with Gasteiger partial charge in [0.15, 0.2) is 5.75 Å². The van der Waals surface area contributed by atoms with E-state index in [0.717, 1.165) is 16.6 Å². The smallest absolute Gasteiger partial charge is 0.348 e. The Morgan fingerprint density at radius 1 is 1.19 bits per heavy atom. The average Bonchev–Trinajstić information content (AvgIpc) is 3.00. The van der Waals surface area contributed by atoms with Crippen LogP contribution in [0.25, 0.3) is 22.7 Å². The number of ether oxygens (including phenoxy) is 2. The fourth-order valence-electron chi connectivity index (χ4n) is 2.92. The summed E-state index contributed by atoms with van der Waals surface area (Å²) in [5, 5.41) is 9.37. The Labute approximate surface area is 151 Å². The van der Waals surface area contributed by atoms with Gasteiger partial charge in [-0.2, -0.15) is 5.26 Å². The summed E-state index contributed by atoms with van der Waals surface area (Å²) < 4.78 is 12.5. The Bertz CT molecular complexity index is 1010. The minimum absolute atomic E-state index is 0.0759. The Morgan fingerprint density at radius 3 is 2.58 bits per heavy atom. The van der Waals surface area contributed by atoms with E-state index in [4.69, 9.17) is 9.47 Å². The Balaban J connectivity index is 2.30. The van der Waals surface area contributed by atoms with Crippen molar-refractivity contribution in [2.24, 2.45) is 0 Å². The first kappa shape index (κ1) is 17.3. The number of fused-ring (bicyclic) bond motifs is 1. The maximum absolute atomic E-state index is 12.0. The Hall–Kier alpha value is -3.52. The third-order valence-electron chi connectivity index (χ3n) is 4.00. The first-order valence-corrected chi connectivity index (χ1v) is 8.22. The molecule has 0 aliphatic carbocycles. The number of hydrogen-bond acceptors (Lipinski definition) is 4. The number of hydrogen-bond donors (Lipinski definition) is 0. The second-order valence-corrected chi connectivity index (χ2v) is 5.51. The highest BCUT2D eigenvalue weighted by atomic mass is 16.5. The molecule has 2 heterocycles. The van der Waals surface area contributed by atoms with E-state index in [1.54, 1.807) is 14.0 Å². The summed E-state index contributed by atoms with van der Waals surface area (Å²) in [6, 6.07) is 17.6. The number of carbonyl (C=O) groups excluding carboxylic acids is 1. The molecule has 2 aromatic heterocycles. The number of aromatic nitrogens is 1. The van der Waals surface area contributed by atoms with Gasteiger partial charge in [0.25, 0.3) is 0 Å². The number of nitrogens with zero attached hydrogens (tertiary/aromatic N) is 2. The van der Waals surface area contributed by atoms with Gasteiger partial charge in [-0.25, -0.2) is 4.79 Å². The van der Waals surface area contributed by atoms with Crippen molar-refractivity contribution in [3.63, 3.8) is 0 Å². The van der Waals surface area contributed by atoms with Gasteiger partial charge in [-0.15, -0.1) is 0 Å². The zero-order chi connectivity index (χ0) is 18.5. The lowest BCUT2D eigenvalue weighted by Gasteiger charge is -2.05. The minimum atomic E-state index is -0.649. The number of nitriles is 1. The fraction of sp³-hybridized carbons (Fsp3) is 0.143. The van der Waals surface area contributed by atoms with Gasteiger partial charge in [0.1, 0.15) is 11.6 Å². The van der Waals surface area contributed by atoms with Gasteiger partial charge in [0.2, 0.25) is 0 Å². The lowest BCUT2D eigenvalue weighted by atomic mass is 10.1. The molecule has 5 nitrogen and oxygen atoms in total. The second kappa shape index (κ2) is 7.58. The van der Waals surface area contributed by atoms with E-state index in [9.17, 15) is 10.1 Å². The quantitative estimate of drug-likeness (QED) is 0.397. The zero-order valence-electron chi connectivity index (χ0n) is 14.6. The summed E-state index contributed by atoms with van der Waals surface area (Å²) >= 11 is 0. The summed E-state index contributed by atoms with van der Waals surface area (Å²) in [6.45, 7) is 1.91. The topological polar surface area (TPSA) is 63.7 Å². The van der Waals surface area contributed by atoms with Gasteiger partial charge in [-0.05, 0) is 30.7 Å². The third-order valence-corrected chi connectivity index (χ3v) is 4.00. The van der Waals surface area contributed by atoms with Crippen LogP contribution in [0.2, 0.25) is 0 Å². The largest absolute Gasteiger partial charge is 0.494 e. The number of carbonyl (C=O) groups is 1. The molecule has 0 fully saturated rings. The summed E-state index contributed by atoms with van der Waals surface area (Å²) in [7, 11) is 1.58. The molecule has 1 aromatic carbocycles. The van der Waals surface area contributed by atoms with E-state index in [1.807, 2.05) is 65.2 Å². The molecule has 5 heteroatoms. The van der Waals surface area contributed by atoms with Crippen LogP contribution >= 0.6 is 0 Å². The molecule has 0 radical (unpaired) electrons. The molecule has 0 aliphatic rings. The maximum Gasteiger partial charge on any atom is 0.348 e. The molecule has 3 rings (SSSR count). The van der Waals surface area contributed by atoms with Crippen LogP contribution in [0.3, 0.4) is 0 Å². The van der Waals surface area contributed by atoms with Crippen LogP contribution in [0, 0.1) is 11.3 Å². The van der Waals surface area contributed by atoms with Crippen molar-refractivity contribution in [3.8, 4) is 22.9 Å². The van der Waals surface area contributed by atoms with Crippen molar-refractivity contribution in [1.82, 2.24) is 4.40 Å². The van der Waals surface area contributed by atoms with Crippen LogP contribution in [0.4, 0.5) is 0 Å². The van der Waals surface area contributed by atoms with Crippen LogP contribution in [-0.4, -0.2) is 24.1 Å². The highest BCUT2D eigenvalue weighted by Crippen LogP contribution is 2.40. The molecule has 0 atom stereocenters. The van der Waals surface area contributed by atoms with E-state index in [-0.39, 0.29) is 12.2 Å². The highest BCUT2D eigenvalue weighted by Gasteiger charge is 2.21. The number of benzene rings is 1. The van der Waals surface area contributed by atoms with E-state index in [1.165, 1.54) is 6.08 Å². The van der Waals surface area contributed by atoms with Crippen molar-refractivity contribution >= 4 is 17.6 Å². The predicted molar refractivity (Wildman–Crippen MR) is 99.6 cm³/mol. The predicted octanol–water partition coefficient (Wildman–Crippen LogP) is 4.08. The van der Waals surface area contributed by atoms with Gasteiger partial charge >= 0.3 is 5.97 Å². The van der Waals surface area contributed by atoms with Crippen molar-refractivity contribution in [2.45, 2.75) is 6.92 Å². The number of pyridine rings is 1. The molecule has 130 valence electrons. The van der Waals surface area contributed by atoms with Crippen molar-refractivity contribution < 1.29 is 14.3 Å². The normalized spacial score (nSPS) is 11.2. The molecule has 26 heavy (non-hydrogen) atoms. The van der Waals surface area contributed by atoms with E-state index in [2.05, 4.69) is 0 Å². The van der Waals surface area contributed by atoms with E-state index >= 15 is 0 Å². The summed E-state index contributed by atoms with van der Waals surface area (Å²) in [5.74, 6) is -0.0522. The highest BCUT2D eigenvalue weighted by molar-refractivity contribution is 6.00. The molecular weight excluding hydrogens is 328 g/mol. The van der Waals surface area contributed by atoms with Crippen molar-refractivity contribution in [2.75, 3.05) is 13.7 Å². The lowest BCUT2D eigenvalue weighted by molar-refractivity contribution is -0.137. The molecular formula is C21H18N2O3.